The van der Waals surface area contributed by atoms with Gasteiger partial charge in [0.05, 0.1) is 6.61 Å². The Hall–Kier alpha value is -0.490. The number of piperidine rings is 1. The molecule has 1 aliphatic heterocycles. The van der Waals surface area contributed by atoms with Crippen LogP contribution in [0.5, 0.6) is 0 Å². The molecule has 0 spiro atoms. The van der Waals surface area contributed by atoms with Crippen molar-refractivity contribution in [2.45, 2.75) is 64.3 Å². The molecule has 3 rings (SSSR count). The number of hydrogen-bond acceptors (Lipinski definition) is 3. The van der Waals surface area contributed by atoms with Gasteiger partial charge in [0, 0.05) is 24.2 Å². The molecule has 1 saturated heterocycles. The van der Waals surface area contributed by atoms with Gasteiger partial charge in [0.25, 0.3) is 0 Å². The number of nitrogens with zero attached hydrogens (tertiary/aromatic N) is 2. The highest BCUT2D eigenvalue weighted by Gasteiger charge is 2.26. The molecule has 30 heavy (non-hydrogen) atoms. The normalized spacial score (nSPS) is 23.9. The average Bonchev–Trinajstić information content (AvgIpc) is 2.77. The Morgan fingerprint density at radius 3 is 2.50 bits per heavy atom. The van der Waals surface area contributed by atoms with Crippen LogP contribution in [0.25, 0.3) is 0 Å². The second kappa shape index (κ2) is 12.5. The molecular formula is C25H40BrFN2O. The number of benzene rings is 1. The minimum Gasteiger partial charge on any atom is -0.383 e. The number of likely N-dealkylation sites (tertiary alicyclic amines) is 1. The summed E-state index contributed by atoms with van der Waals surface area (Å²) in [5.41, 5.74) is 1.12. The SMILES string of the molecule is CCN(CCOC)[C@H]1CC[C@H](CCN2CCC(Cc3cc(F)ccc3Br)CC2)CC1. The zero-order valence-corrected chi connectivity index (χ0v) is 20.5. The summed E-state index contributed by atoms with van der Waals surface area (Å²) in [5.74, 6) is 1.46. The number of methoxy groups -OCH3 is 1. The fourth-order valence-electron chi connectivity index (χ4n) is 5.40. The molecule has 3 nitrogen and oxygen atoms in total. The molecule has 1 heterocycles. The van der Waals surface area contributed by atoms with Crippen LogP contribution in [0, 0.1) is 17.7 Å². The molecular weight excluding hydrogens is 443 g/mol. The summed E-state index contributed by atoms with van der Waals surface area (Å²) in [7, 11) is 1.80. The molecule has 2 fully saturated rings. The Morgan fingerprint density at radius 1 is 1.10 bits per heavy atom. The van der Waals surface area contributed by atoms with Crippen LogP contribution in [0.2, 0.25) is 0 Å². The maximum Gasteiger partial charge on any atom is 0.123 e. The van der Waals surface area contributed by atoms with Gasteiger partial charge in [-0.25, -0.2) is 4.39 Å². The van der Waals surface area contributed by atoms with Crippen molar-refractivity contribution < 1.29 is 9.13 Å². The van der Waals surface area contributed by atoms with Crippen molar-refractivity contribution >= 4 is 15.9 Å². The lowest BCUT2D eigenvalue weighted by Gasteiger charge is -2.37. The Morgan fingerprint density at radius 2 is 1.83 bits per heavy atom. The maximum atomic E-state index is 13.5. The van der Waals surface area contributed by atoms with E-state index in [4.69, 9.17) is 4.74 Å². The minimum absolute atomic E-state index is 0.124. The van der Waals surface area contributed by atoms with E-state index in [1.54, 1.807) is 13.2 Å². The summed E-state index contributed by atoms with van der Waals surface area (Å²) in [4.78, 5) is 5.28. The number of likely N-dealkylation sites (N-methyl/N-ethyl adjacent to an activating group) is 1. The molecule has 170 valence electrons. The van der Waals surface area contributed by atoms with Gasteiger partial charge >= 0.3 is 0 Å². The summed E-state index contributed by atoms with van der Waals surface area (Å²) in [5, 5.41) is 0. The average molecular weight is 484 g/mol. The van der Waals surface area contributed by atoms with Crippen LogP contribution in [0.1, 0.15) is 57.4 Å². The minimum atomic E-state index is -0.124. The molecule has 1 aliphatic carbocycles. The van der Waals surface area contributed by atoms with E-state index in [9.17, 15) is 4.39 Å². The van der Waals surface area contributed by atoms with Gasteiger partial charge in [-0.2, -0.15) is 0 Å². The third-order valence-corrected chi connectivity index (χ3v) is 8.17. The van der Waals surface area contributed by atoms with Crippen LogP contribution in [0.3, 0.4) is 0 Å². The van der Waals surface area contributed by atoms with Gasteiger partial charge in [0.15, 0.2) is 0 Å². The number of hydrogen-bond donors (Lipinski definition) is 0. The Bertz CT molecular complexity index is 628. The summed E-state index contributed by atoms with van der Waals surface area (Å²) >= 11 is 3.58. The van der Waals surface area contributed by atoms with E-state index in [1.807, 2.05) is 6.07 Å². The smallest absolute Gasteiger partial charge is 0.123 e. The molecule has 0 atom stereocenters. The fraction of sp³-hybridized carbons (Fsp3) is 0.760. The number of rotatable bonds is 10. The van der Waals surface area contributed by atoms with Crippen LogP contribution < -0.4 is 0 Å². The highest BCUT2D eigenvalue weighted by Crippen LogP contribution is 2.31. The zero-order chi connectivity index (χ0) is 21.3. The van der Waals surface area contributed by atoms with E-state index < -0.39 is 0 Å². The first-order chi connectivity index (χ1) is 14.6. The predicted molar refractivity (Wildman–Crippen MR) is 126 cm³/mol. The van der Waals surface area contributed by atoms with E-state index in [1.165, 1.54) is 70.6 Å². The first-order valence-electron chi connectivity index (χ1n) is 12.0. The van der Waals surface area contributed by atoms with Gasteiger partial charge in [-0.3, -0.25) is 4.90 Å². The van der Waals surface area contributed by atoms with E-state index in [0.717, 1.165) is 48.1 Å². The van der Waals surface area contributed by atoms with Crippen molar-refractivity contribution in [2.75, 3.05) is 46.4 Å². The number of halogens is 2. The van der Waals surface area contributed by atoms with Gasteiger partial charge in [-0.15, -0.1) is 0 Å². The quantitative estimate of drug-likeness (QED) is 0.421. The monoisotopic (exact) mass is 482 g/mol. The lowest BCUT2D eigenvalue weighted by molar-refractivity contribution is 0.0924. The third kappa shape index (κ3) is 7.29. The van der Waals surface area contributed by atoms with Gasteiger partial charge in [0.2, 0.25) is 0 Å². The highest BCUT2D eigenvalue weighted by molar-refractivity contribution is 9.10. The molecule has 2 aliphatic rings. The first kappa shape index (κ1) is 24.2. The predicted octanol–water partition coefficient (Wildman–Crippen LogP) is 5.76. The van der Waals surface area contributed by atoms with Crippen molar-refractivity contribution in [2.24, 2.45) is 11.8 Å². The molecule has 0 unspecified atom stereocenters. The molecule has 0 bridgehead atoms. The van der Waals surface area contributed by atoms with Crippen molar-refractivity contribution in [3.8, 4) is 0 Å². The molecule has 0 N–H and O–H groups in total. The van der Waals surface area contributed by atoms with Gasteiger partial charge in [-0.05, 0) is 113 Å². The van der Waals surface area contributed by atoms with Crippen LogP contribution in [-0.2, 0) is 11.2 Å². The third-order valence-electron chi connectivity index (χ3n) is 7.40. The van der Waals surface area contributed by atoms with E-state index >= 15 is 0 Å². The molecule has 1 aromatic carbocycles. The molecule has 0 aromatic heterocycles. The van der Waals surface area contributed by atoms with Crippen molar-refractivity contribution in [3.05, 3.63) is 34.1 Å². The van der Waals surface area contributed by atoms with Crippen molar-refractivity contribution in [1.29, 1.82) is 0 Å². The zero-order valence-electron chi connectivity index (χ0n) is 18.9. The first-order valence-corrected chi connectivity index (χ1v) is 12.8. The van der Waals surface area contributed by atoms with Gasteiger partial charge in [0.1, 0.15) is 5.82 Å². The Kier molecular flexibility index (Phi) is 10.1. The summed E-state index contributed by atoms with van der Waals surface area (Å²) in [6, 6.07) is 5.83. The topological polar surface area (TPSA) is 15.7 Å². The van der Waals surface area contributed by atoms with Crippen molar-refractivity contribution in [3.63, 3.8) is 0 Å². The maximum absolute atomic E-state index is 13.5. The fourth-order valence-corrected chi connectivity index (χ4v) is 5.80. The summed E-state index contributed by atoms with van der Waals surface area (Å²) in [6.07, 6.45) is 10.3. The standard InChI is InChI=1S/C25H40BrFN2O/c1-3-29(16-17-30-2)24-7-4-20(5-8-24)10-13-28-14-11-21(12-15-28)18-22-19-23(27)6-9-25(22)26/h6,9,19-21,24H,3-5,7-8,10-18H2,1-2H3/t20-,24-. The Balaban J connectivity index is 1.33. The molecule has 5 heteroatoms. The lowest BCUT2D eigenvalue weighted by Crippen LogP contribution is -2.40. The summed E-state index contributed by atoms with van der Waals surface area (Å²) < 4.78 is 19.9. The van der Waals surface area contributed by atoms with Crippen molar-refractivity contribution in [1.82, 2.24) is 9.80 Å². The molecule has 1 aromatic rings. The Labute approximate surface area is 191 Å². The van der Waals surface area contributed by atoms with Crippen LogP contribution in [0.15, 0.2) is 22.7 Å². The second-order valence-electron chi connectivity index (χ2n) is 9.31. The second-order valence-corrected chi connectivity index (χ2v) is 10.2. The number of ether oxygens (including phenoxy) is 1. The molecule has 0 amide bonds. The van der Waals surface area contributed by atoms with E-state index in [2.05, 4.69) is 32.7 Å². The lowest BCUT2D eigenvalue weighted by atomic mass is 9.83. The molecule has 1 saturated carbocycles. The van der Waals surface area contributed by atoms with E-state index in [0.29, 0.717) is 5.92 Å². The van der Waals surface area contributed by atoms with E-state index in [-0.39, 0.29) is 5.82 Å². The van der Waals surface area contributed by atoms with Gasteiger partial charge in [-0.1, -0.05) is 22.9 Å². The van der Waals surface area contributed by atoms with Gasteiger partial charge < -0.3 is 9.64 Å². The van der Waals surface area contributed by atoms with Crippen LogP contribution >= 0.6 is 15.9 Å². The van der Waals surface area contributed by atoms with Crippen LogP contribution in [-0.4, -0.2) is 62.3 Å². The van der Waals surface area contributed by atoms with Crippen LogP contribution in [0.4, 0.5) is 4.39 Å². The largest absolute Gasteiger partial charge is 0.383 e. The highest BCUT2D eigenvalue weighted by atomic mass is 79.9. The molecule has 0 radical (unpaired) electrons. The summed E-state index contributed by atoms with van der Waals surface area (Å²) in [6.45, 7) is 9.00.